The number of fused-ring (bicyclic) bond motifs is 1. The Balaban J connectivity index is 1.66. The number of H-pyrrole nitrogens is 1. The molecule has 7 heteroatoms. The highest BCUT2D eigenvalue weighted by Gasteiger charge is 2.32. The second kappa shape index (κ2) is 7.87. The first-order valence-electron chi connectivity index (χ1n) is 9.11. The lowest BCUT2D eigenvalue weighted by Crippen LogP contribution is -2.19. The van der Waals surface area contributed by atoms with Crippen LogP contribution in [0.15, 0.2) is 84.0 Å². The molecule has 0 aliphatic heterocycles. The molecule has 0 saturated heterocycles. The van der Waals surface area contributed by atoms with Gasteiger partial charge in [0.15, 0.2) is 0 Å². The summed E-state index contributed by atoms with van der Waals surface area (Å²) in [6.07, 6.45) is -3.52. The number of nitrogens with zero attached hydrogens (tertiary/aromatic N) is 1. The molecule has 0 spiro atoms. The van der Waals surface area contributed by atoms with E-state index in [2.05, 4.69) is 15.5 Å². The van der Waals surface area contributed by atoms with Gasteiger partial charge in [0.25, 0.3) is 5.91 Å². The molecule has 0 bridgehead atoms. The van der Waals surface area contributed by atoms with Crippen molar-refractivity contribution in [1.82, 2.24) is 10.4 Å². The molecule has 0 unspecified atom stereocenters. The highest BCUT2D eigenvalue weighted by atomic mass is 19.4. The first-order valence-corrected chi connectivity index (χ1v) is 9.11. The van der Waals surface area contributed by atoms with Gasteiger partial charge in [-0.1, -0.05) is 66.7 Å². The van der Waals surface area contributed by atoms with Crippen molar-refractivity contribution >= 4 is 23.0 Å². The summed E-state index contributed by atoms with van der Waals surface area (Å²) in [5.74, 6) is -0.550. The molecule has 0 aliphatic rings. The quantitative estimate of drug-likeness (QED) is 0.335. The third kappa shape index (κ3) is 3.82. The number of carbonyl (C=O) groups is 1. The number of carbonyl (C=O) groups excluding carboxylic acids is 1. The van der Waals surface area contributed by atoms with Crippen molar-refractivity contribution < 1.29 is 18.0 Å². The summed E-state index contributed by atoms with van der Waals surface area (Å²) in [6, 6.07) is 21.9. The predicted octanol–water partition coefficient (Wildman–Crippen LogP) is 5.62. The predicted molar refractivity (Wildman–Crippen MR) is 110 cm³/mol. The number of hydrogen-bond acceptors (Lipinski definition) is 2. The van der Waals surface area contributed by atoms with E-state index in [0.717, 1.165) is 28.7 Å². The number of halogens is 3. The zero-order valence-corrected chi connectivity index (χ0v) is 15.6. The Labute approximate surface area is 170 Å². The fourth-order valence-corrected chi connectivity index (χ4v) is 3.30. The molecule has 4 aromatic rings. The number of hydrazone groups is 1. The lowest BCUT2D eigenvalue weighted by molar-refractivity contribution is -0.137. The van der Waals surface area contributed by atoms with Gasteiger partial charge in [0.05, 0.1) is 11.8 Å². The fourth-order valence-electron chi connectivity index (χ4n) is 3.30. The smallest absolute Gasteiger partial charge is 0.350 e. The number of aromatic amines is 1. The molecular weight excluding hydrogens is 391 g/mol. The molecule has 4 rings (SSSR count). The van der Waals surface area contributed by atoms with Gasteiger partial charge in [-0.15, -0.1) is 0 Å². The minimum Gasteiger partial charge on any atom is -0.350 e. The lowest BCUT2D eigenvalue weighted by atomic mass is 10.0. The molecule has 0 fully saturated rings. The van der Waals surface area contributed by atoms with Gasteiger partial charge in [-0.05, 0) is 17.7 Å². The molecule has 3 aromatic carbocycles. The summed E-state index contributed by atoms with van der Waals surface area (Å²) in [4.78, 5) is 15.9. The highest BCUT2D eigenvalue weighted by molar-refractivity contribution is 6.09. The number of benzene rings is 3. The molecule has 1 heterocycles. The molecule has 0 atom stereocenters. The third-order valence-corrected chi connectivity index (χ3v) is 4.63. The molecule has 0 aliphatic carbocycles. The maximum Gasteiger partial charge on any atom is 0.417 e. The summed E-state index contributed by atoms with van der Waals surface area (Å²) in [5.41, 5.74) is 3.97. The van der Waals surface area contributed by atoms with Crippen LogP contribution in [0, 0.1) is 0 Å². The number of alkyl halides is 3. The van der Waals surface area contributed by atoms with Crippen LogP contribution in [-0.4, -0.2) is 17.1 Å². The van der Waals surface area contributed by atoms with E-state index < -0.39 is 17.6 Å². The lowest BCUT2D eigenvalue weighted by Gasteiger charge is -2.09. The Morgan fingerprint density at radius 3 is 2.33 bits per heavy atom. The first kappa shape index (κ1) is 19.4. The fraction of sp³-hybridized carbons (Fsp3) is 0.0435. The van der Waals surface area contributed by atoms with E-state index in [1.807, 2.05) is 54.6 Å². The van der Waals surface area contributed by atoms with Crippen LogP contribution in [-0.2, 0) is 6.18 Å². The van der Waals surface area contributed by atoms with Crippen molar-refractivity contribution in [3.63, 3.8) is 0 Å². The van der Waals surface area contributed by atoms with Gasteiger partial charge in [-0.2, -0.15) is 18.3 Å². The molecule has 4 nitrogen and oxygen atoms in total. The van der Waals surface area contributed by atoms with E-state index in [0.29, 0.717) is 5.56 Å². The SMILES string of the molecule is O=C(N/N=C\c1ccccc1C(F)(F)F)c1[nH]c2ccccc2c1-c1ccccc1. The Morgan fingerprint density at radius 2 is 1.57 bits per heavy atom. The van der Waals surface area contributed by atoms with Gasteiger partial charge < -0.3 is 4.98 Å². The second-order valence-corrected chi connectivity index (χ2v) is 6.57. The van der Waals surface area contributed by atoms with Gasteiger partial charge >= 0.3 is 6.18 Å². The van der Waals surface area contributed by atoms with Gasteiger partial charge in [0.1, 0.15) is 5.69 Å². The zero-order valence-electron chi connectivity index (χ0n) is 15.6. The Kier molecular flexibility index (Phi) is 5.10. The summed E-state index contributed by atoms with van der Waals surface area (Å²) >= 11 is 0. The maximum absolute atomic E-state index is 13.1. The van der Waals surface area contributed by atoms with Gasteiger partial charge in [0.2, 0.25) is 0 Å². The molecule has 150 valence electrons. The molecule has 1 aromatic heterocycles. The van der Waals surface area contributed by atoms with Crippen molar-refractivity contribution in [2.75, 3.05) is 0 Å². The largest absolute Gasteiger partial charge is 0.417 e. The molecule has 0 radical (unpaired) electrons. The zero-order chi connectivity index (χ0) is 21.1. The molecule has 1 amide bonds. The molecule has 0 saturated carbocycles. The van der Waals surface area contributed by atoms with E-state index in [-0.39, 0.29) is 11.3 Å². The van der Waals surface area contributed by atoms with Crippen LogP contribution in [0.2, 0.25) is 0 Å². The topological polar surface area (TPSA) is 57.2 Å². The Hall–Kier alpha value is -3.87. The number of para-hydroxylation sites is 1. The first-order chi connectivity index (χ1) is 14.4. The molecule has 2 N–H and O–H groups in total. The van der Waals surface area contributed by atoms with Gasteiger partial charge in [-0.25, -0.2) is 5.43 Å². The van der Waals surface area contributed by atoms with Crippen LogP contribution in [0.25, 0.3) is 22.0 Å². The van der Waals surface area contributed by atoms with Gasteiger partial charge in [-0.3, -0.25) is 4.79 Å². The van der Waals surface area contributed by atoms with Crippen molar-refractivity contribution in [2.45, 2.75) is 6.18 Å². The van der Waals surface area contributed by atoms with Crippen molar-refractivity contribution in [2.24, 2.45) is 5.10 Å². The van der Waals surface area contributed by atoms with E-state index >= 15 is 0 Å². The molecule has 30 heavy (non-hydrogen) atoms. The number of aromatic nitrogens is 1. The summed E-state index contributed by atoms with van der Waals surface area (Å²) in [7, 11) is 0. The minimum atomic E-state index is -4.51. The van der Waals surface area contributed by atoms with Crippen LogP contribution >= 0.6 is 0 Å². The third-order valence-electron chi connectivity index (χ3n) is 4.63. The van der Waals surface area contributed by atoms with Crippen LogP contribution in [0.3, 0.4) is 0 Å². The van der Waals surface area contributed by atoms with Crippen molar-refractivity contribution in [3.8, 4) is 11.1 Å². The number of rotatable bonds is 4. The van der Waals surface area contributed by atoms with E-state index in [9.17, 15) is 18.0 Å². The monoisotopic (exact) mass is 407 g/mol. The number of amides is 1. The van der Waals surface area contributed by atoms with Crippen molar-refractivity contribution in [3.05, 3.63) is 95.7 Å². The summed E-state index contributed by atoms with van der Waals surface area (Å²) in [6.45, 7) is 0. The number of nitrogens with one attached hydrogen (secondary N) is 2. The average Bonchev–Trinajstić information content (AvgIpc) is 3.14. The summed E-state index contributed by atoms with van der Waals surface area (Å²) in [5, 5.41) is 4.61. The second-order valence-electron chi connectivity index (χ2n) is 6.57. The van der Waals surface area contributed by atoms with E-state index in [4.69, 9.17) is 0 Å². The Morgan fingerprint density at radius 1 is 0.900 bits per heavy atom. The van der Waals surface area contributed by atoms with Crippen LogP contribution in [0.1, 0.15) is 21.6 Å². The summed E-state index contributed by atoms with van der Waals surface area (Å²) < 4.78 is 39.3. The highest BCUT2D eigenvalue weighted by Crippen LogP contribution is 2.33. The maximum atomic E-state index is 13.1. The van der Waals surface area contributed by atoms with Crippen LogP contribution in [0.5, 0.6) is 0 Å². The minimum absolute atomic E-state index is 0.134. The van der Waals surface area contributed by atoms with E-state index in [1.165, 1.54) is 18.2 Å². The van der Waals surface area contributed by atoms with Crippen LogP contribution in [0.4, 0.5) is 13.2 Å². The average molecular weight is 407 g/mol. The Bertz CT molecular complexity index is 1230. The molecular formula is C23H16F3N3O. The standard InChI is InChI=1S/C23H16F3N3O/c24-23(25,26)18-12-6-4-10-16(18)14-27-29-22(30)21-20(15-8-2-1-3-9-15)17-11-5-7-13-19(17)28-21/h1-14,28H,(H,29,30)/b27-14-. The van der Waals surface area contributed by atoms with Crippen molar-refractivity contribution in [1.29, 1.82) is 0 Å². The van der Waals surface area contributed by atoms with Gasteiger partial charge in [0, 0.05) is 22.0 Å². The normalized spacial score (nSPS) is 11.8. The van der Waals surface area contributed by atoms with E-state index in [1.54, 1.807) is 0 Å². The number of hydrogen-bond donors (Lipinski definition) is 2. The van der Waals surface area contributed by atoms with Crippen LogP contribution < -0.4 is 5.43 Å².